The fraction of sp³-hybridized carbons (Fsp3) is 0.385. The van der Waals surface area contributed by atoms with Gasteiger partial charge in [0, 0.05) is 6.07 Å². The lowest BCUT2D eigenvalue weighted by molar-refractivity contribution is -0.391. The van der Waals surface area contributed by atoms with Gasteiger partial charge in [0.25, 0.3) is 0 Å². The Morgan fingerprint density at radius 1 is 1.41 bits per heavy atom. The van der Waals surface area contributed by atoms with Gasteiger partial charge in [0.2, 0.25) is 5.65 Å². The first-order valence-corrected chi connectivity index (χ1v) is 6.90. The second-order valence-electron chi connectivity index (χ2n) is 5.28. The summed E-state index contributed by atoms with van der Waals surface area (Å²) in [6.07, 6.45) is 1.59. The molecule has 1 saturated heterocycles. The summed E-state index contributed by atoms with van der Waals surface area (Å²) in [5, 5.41) is 15.4. The fourth-order valence-electron chi connectivity index (χ4n) is 2.08. The standard InChI is InChI=1S/C13H13ClN4O4/c1-13(2)21-6-8(7-22-13)5-9-12(18(19)20)17-11(15-9)4-3-10(14)16-17/h3-5H,6-7H2,1-2H3. The third kappa shape index (κ3) is 2.80. The van der Waals surface area contributed by atoms with Crippen molar-refractivity contribution >= 4 is 29.1 Å². The van der Waals surface area contributed by atoms with Crippen molar-refractivity contribution in [1.82, 2.24) is 14.6 Å². The lowest BCUT2D eigenvalue weighted by atomic mass is 10.2. The van der Waals surface area contributed by atoms with Gasteiger partial charge in [-0.05, 0) is 36.5 Å². The third-order valence-corrected chi connectivity index (χ3v) is 3.37. The van der Waals surface area contributed by atoms with Crippen molar-refractivity contribution in [3.63, 3.8) is 0 Å². The zero-order valence-corrected chi connectivity index (χ0v) is 12.7. The van der Waals surface area contributed by atoms with E-state index in [4.69, 9.17) is 21.1 Å². The highest BCUT2D eigenvalue weighted by Gasteiger charge is 2.27. The molecule has 2 aromatic heterocycles. The Bertz CT molecular complexity index is 772. The molecule has 3 heterocycles. The first-order chi connectivity index (χ1) is 10.4. The lowest BCUT2D eigenvalue weighted by Gasteiger charge is -2.31. The normalized spacial score (nSPS) is 17.7. The predicted octanol–water partition coefficient (Wildman–Crippen LogP) is 2.46. The van der Waals surface area contributed by atoms with Gasteiger partial charge >= 0.3 is 5.82 Å². The molecule has 1 aliphatic rings. The van der Waals surface area contributed by atoms with Gasteiger partial charge in [-0.25, -0.2) is 0 Å². The number of rotatable bonds is 2. The van der Waals surface area contributed by atoms with Gasteiger partial charge < -0.3 is 19.6 Å². The van der Waals surface area contributed by atoms with Crippen molar-refractivity contribution in [1.29, 1.82) is 0 Å². The molecule has 0 aliphatic carbocycles. The van der Waals surface area contributed by atoms with E-state index in [-0.39, 0.29) is 16.7 Å². The van der Waals surface area contributed by atoms with Gasteiger partial charge in [-0.3, -0.25) is 0 Å². The minimum atomic E-state index is -0.655. The van der Waals surface area contributed by atoms with Crippen LogP contribution in [0.5, 0.6) is 0 Å². The summed E-state index contributed by atoms with van der Waals surface area (Å²) in [5.41, 5.74) is 1.31. The lowest BCUT2D eigenvalue weighted by Crippen LogP contribution is -2.35. The number of hydrogen-bond acceptors (Lipinski definition) is 6. The fourth-order valence-corrected chi connectivity index (χ4v) is 2.22. The molecular formula is C13H13ClN4O4. The molecule has 0 radical (unpaired) electrons. The maximum Gasteiger partial charge on any atom is 0.376 e. The number of halogens is 1. The quantitative estimate of drug-likeness (QED) is 0.622. The Morgan fingerprint density at radius 3 is 2.73 bits per heavy atom. The van der Waals surface area contributed by atoms with Crippen LogP contribution in [-0.2, 0) is 9.47 Å². The molecule has 9 heteroatoms. The monoisotopic (exact) mass is 324 g/mol. The summed E-state index contributed by atoms with van der Waals surface area (Å²) in [6, 6.07) is 3.10. The number of nitro groups is 1. The summed E-state index contributed by atoms with van der Waals surface area (Å²) in [6.45, 7) is 4.27. The second-order valence-corrected chi connectivity index (χ2v) is 5.67. The van der Waals surface area contributed by atoms with Crippen molar-refractivity contribution < 1.29 is 14.4 Å². The molecule has 1 fully saturated rings. The average Bonchev–Trinajstić information content (AvgIpc) is 2.78. The predicted molar refractivity (Wildman–Crippen MR) is 78.6 cm³/mol. The molecule has 0 N–H and O–H groups in total. The van der Waals surface area contributed by atoms with Crippen LogP contribution in [0.2, 0.25) is 5.15 Å². The number of nitrogens with zero attached hydrogens (tertiary/aromatic N) is 4. The molecule has 1 aliphatic heterocycles. The number of ether oxygens (including phenoxy) is 2. The van der Waals surface area contributed by atoms with E-state index >= 15 is 0 Å². The van der Waals surface area contributed by atoms with Crippen molar-refractivity contribution in [2.24, 2.45) is 0 Å². The Balaban J connectivity index is 2.04. The molecular weight excluding hydrogens is 312 g/mol. The summed E-state index contributed by atoms with van der Waals surface area (Å²) in [5.74, 6) is -0.896. The van der Waals surface area contributed by atoms with Crippen molar-refractivity contribution in [2.45, 2.75) is 19.6 Å². The van der Waals surface area contributed by atoms with Crippen LogP contribution in [0.4, 0.5) is 5.82 Å². The van der Waals surface area contributed by atoms with Crippen LogP contribution in [-0.4, -0.2) is 38.5 Å². The van der Waals surface area contributed by atoms with Crippen molar-refractivity contribution in [3.8, 4) is 0 Å². The number of hydrogen-bond donors (Lipinski definition) is 0. The Hall–Kier alpha value is -2.03. The molecule has 0 bridgehead atoms. The van der Waals surface area contributed by atoms with E-state index in [9.17, 15) is 10.1 Å². The number of imidazole rings is 1. The minimum absolute atomic E-state index is 0.151. The highest BCUT2D eigenvalue weighted by atomic mass is 35.5. The molecule has 8 nitrogen and oxygen atoms in total. The van der Waals surface area contributed by atoms with E-state index in [0.29, 0.717) is 18.9 Å². The highest BCUT2D eigenvalue weighted by molar-refractivity contribution is 6.29. The molecule has 116 valence electrons. The molecule has 3 rings (SSSR count). The average molecular weight is 325 g/mol. The van der Waals surface area contributed by atoms with E-state index < -0.39 is 10.7 Å². The van der Waals surface area contributed by atoms with Gasteiger partial charge in [0.05, 0.1) is 13.2 Å². The number of fused-ring (bicyclic) bond motifs is 1. The van der Waals surface area contributed by atoms with Gasteiger partial charge in [-0.1, -0.05) is 21.2 Å². The highest BCUT2D eigenvalue weighted by Crippen LogP contribution is 2.26. The maximum absolute atomic E-state index is 11.3. The van der Waals surface area contributed by atoms with Gasteiger partial charge in [0.15, 0.2) is 16.6 Å². The zero-order valence-electron chi connectivity index (χ0n) is 11.9. The second kappa shape index (κ2) is 5.31. The number of aromatic nitrogens is 3. The van der Waals surface area contributed by atoms with Gasteiger partial charge in [-0.15, -0.1) is 0 Å². The molecule has 0 saturated carbocycles. The van der Waals surface area contributed by atoms with Crippen LogP contribution >= 0.6 is 11.6 Å². The Kier molecular flexibility index (Phi) is 3.59. The first-order valence-electron chi connectivity index (χ1n) is 6.53. The van der Waals surface area contributed by atoms with Crippen LogP contribution in [0.15, 0.2) is 17.7 Å². The van der Waals surface area contributed by atoms with Crippen LogP contribution in [0.25, 0.3) is 11.7 Å². The largest absolute Gasteiger partial charge is 0.376 e. The van der Waals surface area contributed by atoms with E-state index in [1.807, 2.05) is 13.8 Å². The molecule has 0 aromatic carbocycles. The minimum Gasteiger partial charge on any atom is -0.358 e. The molecule has 0 atom stereocenters. The van der Waals surface area contributed by atoms with E-state index in [2.05, 4.69) is 10.1 Å². The Labute approximate surface area is 130 Å². The van der Waals surface area contributed by atoms with Crippen molar-refractivity contribution in [2.75, 3.05) is 13.2 Å². The van der Waals surface area contributed by atoms with Gasteiger partial charge in [0.1, 0.15) is 0 Å². The topological polar surface area (TPSA) is 91.8 Å². The molecule has 0 spiro atoms. The summed E-state index contributed by atoms with van der Waals surface area (Å²) in [7, 11) is 0. The third-order valence-electron chi connectivity index (χ3n) is 3.17. The van der Waals surface area contributed by atoms with E-state index in [1.54, 1.807) is 12.1 Å². The summed E-state index contributed by atoms with van der Waals surface area (Å²) in [4.78, 5) is 15.0. The van der Waals surface area contributed by atoms with E-state index in [1.165, 1.54) is 6.07 Å². The van der Waals surface area contributed by atoms with Crippen molar-refractivity contribution in [3.05, 3.63) is 38.7 Å². The van der Waals surface area contributed by atoms with Crippen LogP contribution < -0.4 is 0 Å². The molecule has 22 heavy (non-hydrogen) atoms. The van der Waals surface area contributed by atoms with Crippen LogP contribution in [0, 0.1) is 10.1 Å². The maximum atomic E-state index is 11.3. The zero-order chi connectivity index (χ0) is 15.9. The smallest absolute Gasteiger partial charge is 0.358 e. The van der Waals surface area contributed by atoms with Crippen LogP contribution in [0.1, 0.15) is 19.5 Å². The summed E-state index contributed by atoms with van der Waals surface area (Å²) < 4.78 is 12.1. The van der Waals surface area contributed by atoms with Crippen LogP contribution in [0.3, 0.4) is 0 Å². The first kappa shape index (κ1) is 14.9. The van der Waals surface area contributed by atoms with Gasteiger partial charge in [-0.2, -0.15) is 4.98 Å². The van der Waals surface area contributed by atoms with E-state index in [0.717, 1.165) is 10.1 Å². The summed E-state index contributed by atoms with van der Waals surface area (Å²) >= 11 is 5.79. The molecule has 0 amide bonds. The SMILES string of the molecule is CC1(C)OCC(=Cc2nc3ccc(Cl)nn3c2[N+](=O)[O-])CO1. The Morgan fingerprint density at radius 2 is 2.09 bits per heavy atom. The molecule has 2 aromatic rings. The molecule has 0 unspecified atom stereocenters.